The summed E-state index contributed by atoms with van der Waals surface area (Å²) in [6.45, 7) is 4.20. The largest absolute Gasteiger partial charge is 0.230 e. The molecule has 6 rings (SSSR count). The second kappa shape index (κ2) is 7.14. The summed E-state index contributed by atoms with van der Waals surface area (Å²) >= 11 is 3.35. The van der Waals surface area contributed by atoms with Crippen molar-refractivity contribution < 1.29 is 0 Å². The smallest absolute Gasteiger partial charge is 0.170 e. The van der Waals surface area contributed by atoms with Crippen LogP contribution in [0.4, 0.5) is 0 Å². The highest BCUT2D eigenvalue weighted by atomic mass is 32.2. The SMILES string of the molecule is Cc1ccc(-n2ncc3c2ncn2nc(CSc4nc5ccccc5s4)nc32)cc1C. The molecule has 0 aliphatic heterocycles. The lowest BCUT2D eigenvalue weighted by Crippen LogP contribution is -2.00. The van der Waals surface area contributed by atoms with Crippen LogP contribution >= 0.6 is 23.1 Å². The van der Waals surface area contributed by atoms with Gasteiger partial charge in [-0.25, -0.2) is 24.1 Å². The molecular weight excluding hydrogens is 426 g/mol. The minimum absolute atomic E-state index is 0.647. The molecule has 0 aliphatic carbocycles. The van der Waals surface area contributed by atoms with Crippen LogP contribution in [0.1, 0.15) is 17.0 Å². The molecule has 0 N–H and O–H groups in total. The summed E-state index contributed by atoms with van der Waals surface area (Å²) in [5, 5.41) is 10.1. The third-order valence-electron chi connectivity index (χ3n) is 5.28. The van der Waals surface area contributed by atoms with Gasteiger partial charge in [-0.2, -0.15) is 5.10 Å². The van der Waals surface area contributed by atoms with Crippen molar-refractivity contribution in [2.75, 3.05) is 0 Å². The van der Waals surface area contributed by atoms with Crippen LogP contribution in [0.15, 0.2) is 59.3 Å². The molecule has 0 atom stereocenters. The molecule has 7 nitrogen and oxygen atoms in total. The van der Waals surface area contributed by atoms with Gasteiger partial charge in [0.25, 0.3) is 0 Å². The molecule has 0 bridgehead atoms. The van der Waals surface area contributed by atoms with Crippen LogP contribution in [0.25, 0.3) is 32.6 Å². The van der Waals surface area contributed by atoms with Crippen molar-refractivity contribution in [1.29, 1.82) is 0 Å². The first-order valence-corrected chi connectivity index (χ1v) is 11.6. The van der Waals surface area contributed by atoms with Crippen molar-refractivity contribution >= 4 is 50.0 Å². The molecule has 0 fully saturated rings. The summed E-state index contributed by atoms with van der Waals surface area (Å²) in [5.74, 6) is 1.39. The molecule has 4 heterocycles. The maximum atomic E-state index is 4.76. The number of thioether (sulfide) groups is 1. The summed E-state index contributed by atoms with van der Waals surface area (Å²) in [6, 6.07) is 14.5. The van der Waals surface area contributed by atoms with Crippen molar-refractivity contribution in [1.82, 2.24) is 34.3 Å². The molecule has 0 radical (unpaired) electrons. The lowest BCUT2D eigenvalue weighted by Gasteiger charge is -2.06. The molecule has 4 aromatic heterocycles. The van der Waals surface area contributed by atoms with E-state index in [9.17, 15) is 0 Å². The van der Waals surface area contributed by atoms with Gasteiger partial charge in [0.15, 0.2) is 21.5 Å². The average Bonchev–Trinajstić information content (AvgIpc) is 3.49. The number of nitrogens with zero attached hydrogens (tertiary/aromatic N) is 7. The van der Waals surface area contributed by atoms with E-state index < -0.39 is 0 Å². The molecule has 0 saturated heterocycles. The third-order valence-corrected chi connectivity index (χ3v) is 7.46. The lowest BCUT2D eigenvalue weighted by molar-refractivity contribution is 0.873. The fourth-order valence-corrected chi connectivity index (χ4v) is 5.43. The third kappa shape index (κ3) is 3.17. The van der Waals surface area contributed by atoms with E-state index in [1.807, 2.05) is 29.1 Å². The molecule has 6 aromatic rings. The van der Waals surface area contributed by atoms with Crippen LogP contribution in [-0.2, 0) is 5.75 Å². The first kappa shape index (κ1) is 18.5. The van der Waals surface area contributed by atoms with Crippen LogP contribution in [0.2, 0.25) is 0 Å². The van der Waals surface area contributed by atoms with E-state index in [-0.39, 0.29) is 0 Å². The number of rotatable bonds is 4. The van der Waals surface area contributed by atoms with Crippen LogP contribution in [0.3, 0.4) is 0 Å². The first-order valence-electron chi connectivity index (χ1n) is 9.80. The van der Waals surface area contributed by atoms with Gasteiger partial charge < -0.3 is 0 Å². The lowest BCUT2D eigenvalue weighted by atomic mass is 10.1. The molecule has 152 valence electrons. The molecular formula is C22H17N7S2. The van der Waals surface area contributed by atoms with E-state index in [2.05, 4.69) is 58.3 Å². The van der Waals surface area contributed by atoms with Crippen molar-refractivity contribution in [3.05, 3.63) is 71.9 Å². The summed E-state index contributed by atoms with van der Waals surface area (Å²) in [7, 11) is 0. The predicted octanol–water partition coefficient (Wildman–Crippen LogP) is 4.98. The Hall–Kier alpha value is -3.30. The van der Waals surface area contributed by atoms with Gasteiger partial charge in [-0.15, -0.1) is 16.4 Å². The van der Waals surface area contributed by atoms with Gasteiger partial charge in [-0.05, 0) is 49.2 Å². The van der Waals surface area contributed by atoms with Crippen molar-refractivity contribution in [3.63, 3.8) is 0 Å². The highest BCUT2D eigenvalue weighted by Crippen LogP contribution is 2.31. The Kier molecular flexibility index (Phi) is 4.25. The zero-order valence-corrected chi connectivity index (χ0v) is 18.5. The molecule has 2 aromatic carbocycles. The van der Waals surface area contributed by atoms with Gasteiger partial charge in [-0.1, -0.05) is 30.0 Å². The second-order valence-corrected chi connectivity index (χ2v) is 9.59. The molecule has 0 amide bonds. The van der Waals surface area contributed by atoms with Crippen molar-refractivity contribution in [2.45, 2.75) is 23.9 Å². The van der Waals surface area contributed by atoms with E-state index in [0.717, 1.165) is 38.0 Å². The zero-order chi connectivity index (χ0) is 20.9. The Balaban J connectivity index is 1.33. The Bertz CT molecular complexity index is 1540. The maximum absolute atomic E-state index is 4.76. The van der Waals surface area contributed by atoms with Crippen LogP contribution < -0.4 is 0 Å². The van der Waals surface area contributed by atoms with E-state index in [0.29, 0.717) is 5.75 Å². The van der Waals surface area contributed by atoms with Crippen LogP contribution in [0, 0.1) is 13.8 Å². The van der Waals surface area contributed by atoms with Gasteiger partial charge in [0.1, 0.15) is 6.33 Å². The molecule has 31 heavy (non-hydrogen) atoms. The van der Waals surface area contributed by atoms with E-state index in [1.54, 1.807) is 33.9 Å². The van der Waals surface area contributed by atoms with Crippen LogP contribution in [-0.4, -0.2) is 34.3 Å². The van der Waals surface area contributed by atoms with Gasteiger partial charge in [0.2, 0.25) is 0 Å². The normalized spacial score (nSPS) is 11.8. The summed E-state index contributed by atoms with van der Waals surface area (Å²) < 4.78 is 5.79. The Morgan fingerprint density at radius 3 is 2.77 bits per heavy atom. The van der Waals surface area contributed by atoms with Crippen molar-refractivity contribution in [2.24, 2.45) is 0 Å². The first-order chi connectivity index (χ1) is 15.2. The monoisotopic (exact) mass is 443 g/mol. The molecule has 0 saturated carbocycles. The van der Waals surface area contributed by atoms with Gasteiger partial charge in [-0.3, -0.25) is 0 Å². The molecule has 0 unspecified atom stereocenters. The minimum Gasteiger partial charge on any atom is -0.230 e. The Morgan fingerprint density at radius 2 is 1.90 bits per heavy atom. The summed E-state index contributed by atoms with van der Waals surface area (Å²) in [5.41, 5.74) is 6.03. The number of aryl methyl sites for hydroxylation is 2. The standard InChI is InChI=1S/C22H17N7S2/c1-13-7-8-15(9-14(13)2)29-20-16(10-24-29)21-26-19(27-28(21)12-23-20)11-30-22-25-17-5-3-4-6-18(17)31-22/h3-10,12H,11H2,1-2H3. The van der Waals surface area contributed by atoms with Gasteiger partial charge in [0.05, 0.1) is 33.2 Å². The molecule has 0 aliphatic rings. The van der Waals surface area contributed by atoms with E-state index in [1.165, 1.54) is 15.8 Å². The molecule has 9 heteroatoms. The number of aromatic nitrogens is 7. The fourth-order valence-electron chi connectivity index (χ4n) is 3.51. The topological polar surface area (TPSA) is 73.8 Å². The number of para-hydroxylation sites is 1. The summed E-state index contributed by atoms with van der Waals surface area (Å²) in [4.78, 5) is 14.0. The van der Waals surface area contributed by atoms with Gasteiger partial charge in [0, 0.05) is 0 Å². The zero-order valence-electron chi connectivity index (χ0n) is 16.9. The maximum Gasteiger partial charge on any atom is 0.170 e. The highest BCUT2D eigenvalue weighted by molar-refractivity contribution is 8.00. The van der Waals surface area contributed by atoms with Crippen molar-refractivity contribution in [3.8, 4) is 5.69 Å². The van der Waals surface area contributed by atoms with Gasteiger partial charge >= 0.3 is 0 Å². The number of thiazole rings is 1. The van der Waals surface area contributed by atoms with Crippen LogP contribution in [0.5, 0.6) is 0 Å². The molecule has 0 spiro atoms. The Morgan fingerprint density at radius 1 is 1.00 bits per heavy atom. The highest BCUT2D eigenvalue weighted by Gasteiger charge is 2.14. The minimum atomic E-state index is 0.647. The number of benzene rings is 2. The van der Waals surface area contributed by atoms with E-state index in [4.69, 9.17) is 4.98 Å². The number of hydrogen-bond donors (Lipinski definition) is 0. The van der Waals surface area contributed by atoms with E-state index >= 15 is 0 Å². The fraction of sp³-hybridized carbons (Fsp3) is 0.136. The summed E-state index contributed by atoms with van der Waals surface area (Å²) in [6.07, 6.45) is 3.52. The Labute approximate surface area is 185 Å². The second-order valence-electron chi connectivity index (χ2n) is 7.34. The predicted molar refractivity (Wildman–Crippen MR) is 124 cm³/mol. The number of hydrogen-bond acceptors (Lipinski definition) is 7. The average molecular weight is 444 g/mol. The quantitative estimate of drug-likeness (QED) is 0.358. The number of fused-ring (bicyclic) bond motifs is 4.